The topological polar surface area (TPSA) is 75.2 Å². The highest BCUT2D eigenvalue weighted by Crippen LogP contribution is 1.98. The van der Waals surface area contributed by atoms with Crippen LogP contribution in [0.2, 0.25) is 0 Å². The Bertz CT molecular complexity index is 224. The summed E-state index contributed by atoms with van der Waals surface area (Å²) in [6, 6.07) is 0. The number of nitrogens with two attached hydrogens (primary N) is 1. The second-order valence-electron chi connectivity index (χ2n) is 2.27. The van der Waals surface area contributed by atoms with E-state index < -0.39 is 0 Å². The van der Waals surface area contributed by atoms with Crippen LogP contribution in [0.5, 0.6) is 0 Å². The van der Waals surface area contributed by atoms with E-state index in [-0.39, 0.29) is 0 Å². The van der Waals surface area contributed by atoms with Crippen molar-refractivity contribution in [2.24, 2.45) is 0 Å². The van der Waals surface area contributed by atoms with Crippen molar-refractivity contribution in [1.29, 1.82) is 0 Å². The summed E-state index contributed by atoms with van der Waals surface area (Å²) in [5.74, 6) is 6.78. The molecule has 0 unspecified atom stereocenters. The van der Waals surface area contributed by atoms with Crippen LogP contribution in [-0.4, -0.2) is 29.1 Å². The molecule has 68 valence electrons. The Morgan fingerprint density at radius 3 is 1.92 bits per heavy atom. The molecular formula is C6H12N4O2. The molecule has 6 heteroatoms. The average molecular weight is 172 g/mol. The van der Waals surface area contributed by atoms with Crippen molar-refractivity contribution in [3.63, 3.8) is 0 Å². The van der Waals surface area contributed by atoms with E-state index in [1.807, 2.05) is 0 Å². The van der Waals surface area contributed by atoms with Gasteiger partial charge in [-0.15, -0.1) is 10.2 Å². The fourth-order valence-electron chi connectivity index (χ4n) is 0.816. The zero-order chi connectivity index (χ0) is 8.97. The number of methoxy groups -OCH3 is 2. The molecule has 0 atom stereocenters. The number of ether oxygens (including phenoxy) is 2. The van der Waals surface area contributed by atoms with Crippen LogP contribution in [0.4, 0.5) is 0 Å². The third kappa shape index (κ3) is 1.72. The quantitative estimate of drug-likeness (QED) is 0.607. The van der Waals surface area contributed by atoms with E-state index in [9.17, 15) is 0 Å². The van der Waals surface area contributed by atoms with Crippen LogP contribution in [0.1, 0.15) is 11.6 Å². The first-order valence-electron chi connectivity index (χ1n) is 3.45. The van der Waals surface area contributed by atoms with Crippen LogP contribution in [0.3, 0.4) is 0 Å². The summed E-state index contributed by atoms with van der Waals surface area (Å²) in [5, 5.41) is 7.61. The lowest BCUT2D eigenvalue weighted by Crippen LogP contribution is -2.17. The molecule has 6 nitrogen and oxygen atoms in total. The molecule has 0 aliphatic heterocycles. The Morgan fingerprint density at radius 2 is 1.58 bits per heavy atom. The first-order valence-corrected chi connectivity index (χ1v) is 3.45. The number of hydrogen-bond acceptors (Lipinski definition) is 5. The minimum absolute atomic E-state index is 0.354. The molecule has 1 rings (SSSR count). The Kier molecular flexibility index (Phi) is 3.01. The lowest BCUT2D eigenvalue weighted by molar-refractivity contribution is 0.168. The minimum Gasteiger partial charge on any atom is -0.377 e. The predicted molar refractivity (Wildman–Crippen MR) is 41.6 cm³/mol. The molecule has 2 N–H and O–H groups in total. The van der Waals surface area contributed by atoms with E-state index in [1.165, 1.54) is 4.68 Å². The monoisotopic (exact) mass is 172 g/mol. The molecule has 0 aliphatic rings. The SMILES string of the molecule is COCc1nnc(COC)n1N. The summed E-state index contributed by atoms with van der Waals surface area (Å²) in [4.78, 5) is 0. The van der Waals surface area contributed by atoms with Crippen molar-refractivity contribution < 1.29 is 9.47 Å². The second-order valence-corrected chi connectivity index (χ2v) is 2.27. The molecule has 1 aromatic heterocycles. The molecule has 0 spiro atoms. The van der Waals surface area contributed by atoms with E-state index in [0.717, 1.165) is 0 Å². The van der Waals surface area contributed by atoms with Gasteiger partial charge in [-0.05, 0) is 0 Å². The van der Waals surface area contributed by atoms with E-state index >= 15 is 0 Å². The average Bonchev–Trinajstić information content (AvgIpc) is 2.38. The fraction of sp³-hybridized carbons (Fsp3) is 0.667. The summed E-state index contributed by atoms with van der Waals surface area (Å²) in [6.07, 6.45) is 0. The van der Waals surface area contributed by atoms with Gasteiger partial charge in [-0.1, -0.05) is 0 Å². The van der Waals surface area contributed by atoms with Crippen LogP contribution in [-0.2, 0) is 22.7 Å². The van der Waals surface area contributed by atoms with Crippen molar-refractivity contribution >= 4 is 0 Å². The Hall–Kier alpha value is -1.14. The van der Waals surface area contributed by atoms with Gasteiger partial charge in [-0.25, -0.2) is 4.68 Å². The normalized spacial score (nSPS) is 10.5. The number of aromatic nitrogens is 3. The molecule has 12 heavy (non-hydrogen) atoms. The van der Waals surface area contributed by atoms with Gasteiger partial charge in [-0.2, -0.15) is 0 Å². The van der Waals surface area contributed by atoms with Crippen molar-refractivity contribution in [3.8, 4) is 0 Å². The first kappa shape index (κ1) is 8.95. The van der Waals surface area contributed by atoms with Gasteiger partial charge in [0.05, 0.1) is 0 Å². The standard InChI is InChI=1S/C6H12N4O2/c1-11-3-5-8-9-6(4-12-2)10(5)7/h3-4,7H2,1-2H3. The predicted octanol–water partition coefficient (Wildman–Crippen LogP) is -0.715. The lowest BCUT2D eigenvalue weighted by Gasteiger charge is -2.01. The van der Waals surface area contributed by atoms with E-state index in [2.05, 4.69) is 10.2 Å². The summed E-state index contributed by atoms with van der Waals surface area (Å²) < 4.78 is 11.1. The molecule has 0 aliphatic carbocycles. The van der Waals surface area contributed by atoms with Crippen molar-refractivity contribution in [2.75, 3.05) is 20.1 Å². The number of nitrogen functional groups attached to an aromatic ring is 1. The maximum atomic E-state index is 5.61. The van der Waals surface area contributed by atoms with Gasteiger partial charge in [0.2, 0.25) is 0 Å². The van der Waals surface area contributed by atoms with Crippen LogP contribution in [0, 0.1) is 0 Å². The highest BCUT2D eigenvalue weighted by atomic mass is 16.5. The number of rotatable bonds is 4. The van der Waals surface area contributed by atoms with Gasteiger partial charge in [0.1, 0.15) is 13.2 Å². The third-order valence-corrected chi connectivity index (χ3v) is 1.38. The molecule has 0 aromatic carbocycles. The molecule has 0 amide bonds. The zero-order valence-corrected chi connectivity index (χ0v) is 7.15. The first-order chi connectivity index (χ1) is 5.79. The maximum Gasteiger partial charge on any atom is 0.177 e. The Labute approximate surface area is 70.3 Å². The van der Waals surface area contributed by atoms with Gasteiger partial charge in [0, 0.05) is 14.2 Å². The molecule has 1 aromatic rings. The van der Waals surface area contributed by atoms with Crippen molar-refractivity contribution in [2.45, 2.75) is 13.2 Å². The molecule has 0 bridgehead atoms. The highest BCUT2D eigenvalue weighted by Gasteiger charge is 2.07. The second kappa shape index (κ2) is 4.03. The van der Waals surface area contributed by atoms with Gasteiger partial charge >= 0.3 is 0 Å². The van der Waals surface area contributed by atoms with Crippen molar-refractivity contribution in [3.05, 3.63) is 11.6 Å². The molecule has 0 fully saturated rings. The molecule has 0 radical (unpaired) electrons. The zero-order valence-electron chi connectivity index (χ0n) is 7.15. The van der Waals surface area contributed by atoms with E-state index in [1.54, 1.807) is 14.2 Å². The minimum atomic E-state index is 0.354. The number of nitrogens with zero attached hydrogens (tertiary/aromatic N) is 3. The molecule has 1 heterocycles. The largest absolute Gasteiger partial charge is 0.377 e. The molecular weight excluding hydrogens is 160 g/mol. The van der Waals surface area contributed by atoms with Crippen molar-refractivity contribution in [1.82, 2.24) is 14.9 Å². The fourth-order valence-corrected chi connectivity index (χ4v) is 0.816. The third-order valence-electron chi connectivity index (χ3n) is 1.38. The van der Waals surface area contributed by atoms with Crippen LogP contribution in [0.15, 0.2) is 0 Å². The van der Waals surface area contributed by atoms with Crippen LogP contribution in [0.25, 0.3) is 0 Å². The van der Waals surface area contributed by atoms with Crippen LogP contribution >= 0.6 is 0 Å². The maximum absolute atomic E-state index is 5.61. The summed E-state index contributed by atoms with van der Waals surface area (Å²) >= 11 is 0. The summed E-state index contributed by atoms with van der Waals surface area (Å²) in [6.45, 7) is 0.709. The molecule has 0 saturated heterocycles. The summed E-state index contributed by atoms with van der Waals surface area (Å²) in [5.41, 5.74) is 0. The molecule has 0 saturated carbocycles. The van der Waals surface area contributed by atoms with E-state index in [4.69, 9.17) is 15.3 Å². The number of hydrogen-bond donors (Lipinski definition) is 1. The Balaban J connectivity index is 2.74. The lowest BCUT2D eigenvalue weighted by atomic mass is 10.6. The summed E-state index contributed by atoms with van der Waals surface area (Å²) in [7, 11) is 3.15. The van der Waals surface area contributed by atoms with Gasteiger partial charge < -0.3 is 15.3 Å². The van der Waals surface area contributed by atoms with Gasteiger partial charge in [0.15, 0.2) is 11.6 Å². The van der Waals surface area contributed by atoms with E-state index in [0.29, 0.717) is 24.9 Å². The highest BCUT2D eigenvalue weighted by molar-refractivity contribution is 4.93. The smallest absolute Gasteiger partial charge is 0.177 e. The Morgan fingerprint density at radius 1 is 1.17 bits per heavy atom. The van der Waals surface area contributed by atoms with Crippen LogP contribution < -0.4 is 5.84 Å². The van der Waals surface area contributed by atoms with Gasteiger partial charge in [-0.3, -0.25) is 0 Å². The van der Waals surface area contributed by atoms with Gasteiger partial charge in [0.25, 0.3) is 0 Å².